The van der Waals surface area contributed by atoms with E-state index in [1.165, 1.54) is 17.4 Å². The zero-order valence-corrected chi connectivity index (χ0v) is 15.5. The predicted molar refractivity (Wildman–Crippen MR) is 112 cm³/mol. The van der Waals surface area contributed by atoms with Gasteiger partial charge in [0.25, 0.3) is 5.91 Å². The van der Waals surface area contributed by atoms with Crippen molar-refractivity contribution in [3.05, 3.63) is 95.8 Å². The van der Waals surface area contributed by atoms with Crippen molar-refractivity contribution >= 4 is 44.5 Å². The first-order chi connectivity index (χ1) is 13.7. The van der Waals surface area contributed by atoms with Gasteiger partial charge in [0.1, 0.15) is 0 Å². The minimum absolute atomic E-state index is 0.149. The normalized spacial score (nSPS) is 11.0. The molecule has 0 atom stereocenters. The van der Waals surface area contributed by atoms with E-state index in [0.717, 1.165) is 10.2 Å². The number of rotatable bonds is 5. The number of fused-ring (bicyclic) bond motifs is 1. The van der Waals surface area contributed by atoms with E-state index in [-0.39, 0.29) is 11.7 Å². The minimum atomic E-state index is -0.262. The summed E-state index contributed by atoms with van der Waals surface area (Å²) in [6, 6.07) is 19.7. The maximum atomic E-state index is 12.4. The van der Waals surface area contributed by atoms with Crippen LogP contribution in [0.2, 0.25) is 0 Å². The number of ketones is 1. The summed E-state index contributed by atoms with van der Waals surface area (Å²) in [5, 5.41) is 3.35. The summed E-state index contributed by atoms with van der Waals surface area (Å²) in [6.45, 7) is 0. The second kappa shape index (κ2) is 7.94. The van der Waals surface area contributed by atoms with Gasteiger partial charge in [-0.1, -0.05) is 41.7 Å². The lowest BCUT2D eigenvalue weighted by Gasteiger charge is -2.02. The summed E-state index contributed by atoms with van der Waals surface area (Å²) in [5.41, 5.74) is 2.53. The molecule has 0 fully saturated rings. The van der Waals surface area contributed by atoms with Crippen molar-refractivity contribution < 1.29 is 9.59 Å². The second-order valence-electron chi connectivity index (χ2n) is 5.97. The molecule has 0 spiro atoms. The zero-order valence-electron chi connectivity index (χ0n) is 14.7. The van der Waals surface area contributed by atoms with Crippen molar-refractivity contribution in [2.75, 3.05) is 5.32 Å². The highest BCUT2D eigenvalue weighted by molar-refractivity contribution is 7.22. The van der Waals surface area contributed by atoms with Crippen LogP contribution in [0.4, 0.5) is 5.13 Å². The van der Waals surface area contributed by atoms with Crippen molar-refractivity contribution in [2.45, 2.75) is 0 Å². The average Bonchev–Trinajstić information content (AvgIpc) is 3.15. The van der Waals surface area contributed by atoms with Crippen molar-refractivity contribution in [2.24, 2.45) is 0 Å². The highest BCUT2D eigenvalue weighted by Crippen LogP contribution is 2.25. The molecule has 2 aromatic carbocycles. The number of hydrogen-bond acceptors (Lipinski definition) is 5. The van der Waals surface area contributed by atoms with Crippen LogP contribution in [0.1, 0.15) is 26.4 Å². The van der Waals surface area contributed by atoms with Crippen molar-refractivity contribution in [3.8, 4) is 0 Å². The quantitative estimate of drug-likeness (QED) is 0.394. The SMILES string of the molecule is O=C(C=Cc1ccccn1)c1ccc(C(=O)Nc2nc3ccccc3s2)cc1. The third-order valence-corrected chi connectivity index (χ3v) is 4.99. The number of carbonyl (C=O) groups excluding carboxylic acids is 2. The number of anilines is 1. The predicted octanol–water partition coefficient (Wildman–Crippen LogP) is 4.84. The third-order valence-electron chi connectivity index (χ3n) is 4.04. The van der Waals surface area contributed by atoms with Crippen LogP contribution in [0.25, 0.3) is 16.3 Å². The van der Waals surface area contributed by atoms with E-state index in [0.29, 0.717) is 22.0 Å². The summed E-state index contributed by atoms with van der Waals surface area (Å²) in [6.07, 6.45) is 4.80. The topological polar surface area (TPSA) is 72.0 Å². The molecule has 6 heteroatoms. The molecule has 0 unspecified atom stereocenters. The molecular formula is C22H15N3O2S. The van der Waals surface area contributed by atoms with Crippen LogP contribution < -0.4 is 5.32 Å². The van der Waals surface area contributed by atoms with Crippen molar-refractivity contribution in [1.82, 2.24) is 9.97 Å². The molecule has 0 aliphatic heterocycles. The van der Waals surface area contributed by atoms with Gasteiger partial charge in [-0.15, -0.1) is 0 Å². The molecule has 4 aromatic rings. The fourth-order valence-electron chi connectivity index (χ4n) is 2.61. The van der Waals surface area contributed by atoms with Crippen LogP contribution in [-0.4, -0.2) is 21.7 Å². The lowest BCUT2D eigenvalue weighted by molar-refractivity contribution is 0.102. The van der Waals surface area contributed by atoms with Crippen LogP contribution in [0.5, 0.6) is 0 Å². The Morgan fingerprint density at radius 2 is 1.64 bits per heavy atom. The van der Waals surface area contributed by atoms with Gasteiger partial charge in [-0.25, -0.2) is 4.98 Å². The molecule has 5 nitrogen and oxygen atoms in total. The Bertz CT molecular complexity index is 1130. The summed E-state index contributed by atoms with van der Waals surface area (Å²) in [4.78, 5) is 33.2. The minimum Gasteiger partial charge on any atom is -0.298 e. The molecule has 1 amide bonds. The molecule has 2 aromatic heterocycles. The lowest BCUT2D eigenvalue weighted by Crippen LogP contribution is -2.11. The van der Waals surface area contributed by atoms with Crippen molar-refractivity contribution in [3.63, 3.8) is 0 Å². The number of nitrogens with one attached hydrogen (secondary N) is 1. The number of amides is 1. The first-order valence-electron chi connectivity index (χ1n) is 8.59. The molecule has 1 N–H and O–H groups in total. The van der Waals surface area contributed by atoms with E-state index in [4.69, 9.17) is 0 Å². The van der Waals surface area contributed by atoms with E-state index in [2.05, 4.69) is 15.3 Å². The number of hydrogen-bond donors (Lipinski definition) is 1. The van der Waals surface area contributed by atoms with Gasteiger partial charge in [0.15, 0.2) is 10.9 Å². The summed E-state index contributed by atoms with van der Waals surface area (Å²) < 4.78 is 1.01. The Morgan fingerprint density at radius 3 is 2.39 bits per heavy atom. The maximum absolute atomic E-state index is 12.4. The number of pyridine rings is 1. The lowest BCUT2D eigenvalue weighted by atomic mass is 10.1. The third kappa shape index (κ3) is 4.02. The molecule has 2 heterocycles. The number of allylic oxidation sites excluding steroid dienone is 1. The van der Waals surface area contributed by atoms with E-state index in [9.17, 15) is 9.59 Å². The summed E-state index contributed by atoms with van der Waals surface area (Å²) in [5.74, 6) is -0.411. The molecule has 0 aliphatic carbocycles. The summed E-state index contributed by atoms with van der Waals surface area (Å²) in [7, 11) is 0. The molecule has 0 bridgehead atoms. The first kappa shape index (κ1) is 17.8. The monoisotopic (exact) mass is 385 g/mol. The average molecular weight is 385 g/mol. The number of carbonyl (C=O) groups is 2. The number of benzene rings is 2. The fraction of sp³-hybridized carbons (Fsp3) is 0. The molecule has 136 valence electrons. The Morgan fingerprint density at radius 1 is 0.893 bits per heavy atom. The van der Waals surface area contributed by atoms with Gasteiger partial charge in [0, 0.05) is 17.3 Å². The van der Waals surface area contributed by atoms with Crippen LogP contribution in [0, 0.1) is 0 Å². The Balaban J connectivity index is 1.44. The van der Waals surface area contributed by atoms with E-state index in [1.807, 2.05) is 42.5 Å². The van der Waals surface area contributed by atoms with Gasteiger partial charge in [-0.3, -0.25) is 19.9 Å². The van der Waals surface area contributed by atoms with Gasteiger partial charge in [-0.05, 0) is 48.6 Å². The standard InChI is InChI=1S/C22H15N3O2S/c26-19(13-12-17-5-3-4-14-23-17)15-8-10-16(11-9-15)21(27)25-22-24-18-6-1-2-7-20(18)28-22/h1-14H,(H,24,25,27). The number of aromatic nitrogens is 2. The Hall–Kier alpha value is -3.64. The zero-order chi connectivity index (χ0) is 19.3. The van der Waals surface area contributed by atoms with Gasteiger partial charge < -0.3 is 0 Å². The highest BCUT2D eigenvalue weighted by atomic mass is 32.1. The van der Waals surface area contributed by atoms with Gasteiger partial charge >= 0.3 is 0 Å². The molecule has 0 radical (unpaired) electrons. The number of para-hydroxylation sites is 1. The largest absolute Gasteiger partial charge is 0.298 e. The van der Waals surface area contributed by atoms with Crippen LogP contribution in [-0.2, 0) is 0 Å². The number of nitrogens with zero attached hydrogens (tertiary/aromatic N) is 2. The van der Waals surface area contributed by atoms with E-state index in [1.54, 1.807) is 36.5 Å². The van der Waals surface area contributed by atoms with Crippen LogP contribution >= 0.6 is 11.3 Å². The molecule has 0 saturated carbocycles. The Kier molecular flexibility index (Phi) is 5.03. The van der Waals surface area contributed by atoms with Crippen molar-refractivity contribution in [1.29, 1.82) is 0 Å². The van der Waals surface area contributed by atoms with E-state index < -0.39 is 0 Å². The highest BCUT2D eigenvalue weighted by Gasteiger charge is 2.11. The molecule has 0 aliphatic rings. The number of thiazole rings is 1. The first-order valence-corrected chi connectivity index (χ1v) is 9.41. The van der Waals surface area contributed by atoms with Gasteiger partial charge in [0.2, 0.25) is 0 Å². The van der Waals surface area contributed by atoms with Crippen LogP contribution in [0.15, 0.2) is 79.0 Å². The van der Waals surface area contributed by atoms with Gasteiger partial charge in [-0.2, -0.15) is 0 Å². The molecule has 4 rings (SSSR count). The fourth-order valence-corrected chi connectivity index (χ4v) is 3.47. The Labute approximate surface area is 165 Å². The van der Waals surface area contributed by atoms with Crippen LogP contribution in [0.3, 0.4) is 0 Å². The maximum Gasteiger partial charge on any atom is 0.257 e. The second-order valence-corrected chi connectivity index (χ2v) is 7.00. The summed E-state index contributed by atoms with van der Waals surface area (Å²) >= 11 is 1.42. The molecule has 0 saturated heterocycles. The molecular weight excluding hydrogens is 370 g/mol. The smallest absolute Gasteiger partial charge is 0.257 e. The van der Waals surface area contributed by atoms with Gasteiger partial charge in [0.05, 0.1) is 15.9 Å². The molecule has 28 heavy (non-hydrogen) atoms. The van der Waals surface area contributed by atoms with E-state index >= 15 is 0 Å².